The number of aliphatic hydroxyl groups is 2. The number of thiazole rings is 2. The van der Waals surface area contributed by atoms with Crippen molar-refractivity contribution in [3.63, 3.8) is 0 Å². The van der Waals surface area contributed by atoms with E-state index in [4.69, 9.17) is 18.5 Å². The van der Waals surface area contributed by atoms with Gasteiger partial charge in [0, 0.05) is 90.4 Å². The SMILES string of the molecule is Cc1ncsc1-c1ccc([C@H](C)NC(=O)[C@@H]2C[C@@H](O)CN2C(=O)C(c2cc(N3C[C@H]4CN(C(=O)OC(C)(C)C)CC[C@H]4C3)no2)C(C)C)cc1.Cc1ncsc1-c1ccc([C@H](C)NC(=O)[C@@H]2C[C@@H](O)CN2C(=O)[C@@H](c2cc(N3C[C@H]4CN(C(=O)OC(C)(C)C)CC[C@H]4C3)no2)C(C)C)cc1. The van der Waals surface area contributed by atoms with E-state index in [0.29, 0.717) is 61.2 Å². The molecule has 4 N–H and O–H groups in total. The molecule has 6 saturated heterocycles. The van der Waals surface area contributed by atoms with E-state index in [2.05, 4.69) is 40.7 Å². The molecule has 6 aliphatic rings. The Morgan fingerprint density at radius 2 is 0.890 bits per heavy atom. The summed E-state index contributed by atoms with van der Waals surface area (Å²) in [5, 5.41) is 36.2. The van der Waals surface area contributed by atoms with Crippen LogP contribution in [0.4, 0.5) is 21.2 Å². The number of hydrogen-bond donors (Lipinski definition) is 4. The van der Waals surface area contributed by atoms with Crippen LogP contribution < -0.4 is 20.4 Å². The minimum atomic E-state index is -0.808. The van der Waals surface area contributed by atoms with Crippen molar-refractivity contribution in [3.8, 4) is 20.9 Å². The van der Waals surface area contributed by atoms with Crippen molar-refractivity contribution < 1.29 is 57.5 Å². The largest absolute Gasteiger partial charge is 0.444 e. The molecule has 540 valence electrons. The molecule has 1 unspecified atom stereocenters. The van der Waals surface area contributed by atoms with E-state index < -0.39 is 47.3 Å². The van der Waals surface area contributed by atoms with Crippen LogP contribution in [0.15, 0.2) is 80.7 Å². The molecule has 24 nitrogen and oxygen atoms in total. The van der Waals surface area contributed by atoms with Gasteiger partial charge in [0.1, 0.15) is 35.1 Å². The summed E-state index contributed by atoms with van der Waals surface area (Å²) in [5.74, 6) is 0.847. The molecule has 0 radical (unpaired) electrons. The molecule has 100 heavy (non-hydrogen) atoms. The first-order valence-electron chi connectivity index (χ1n) is 35.3. The average molecular weight is 1410 g/mol. The van der Waals surface area contributed by atoms with E-state index in [0.717, 1.165) is 82.4 Å². The molecule has 10 heterocycles. The first-order valence-corrected chi connectivity index (χ1v) is 37.1. The molecule has 2 aromatic carbocycles. The lowest BCUT2D eigenvalue weighted by Crippen LogP contribution is -2.48. The number of nitrogens with zero attached hydrogens (tertiary/aromatic N) is 10. The molecule has 0 bridgehead atoms. The molecular formula is C74H100N12O12S2. The Kier molecular flexibility index (Phi) is 22.2. The third-order valence-electron chi connectivity index (χ3n) is 20.3. The number of fused-ring (bicyclic) bond motifs is 2. The Morgan fingerprint density at radius 3 is 1.22 bits per heavy atom. The summed E-state index contributed by atoms with van der Waals surface area (Å²) >= 11 is 3.19. The van der Waals surface area contributed by atoms with Crippen LogP contribution in [-0.2, 0) is 28.7 Å². The van der Waals surface area contributed by atoms with Crippen molar-refractivity contribution in [1.29, 1.82) is 0 Å². The lowest BCUT2D eigenvalue weighted by atomic mass is 9.89. The fourth-order valence-electron chi connectivity index (χ4n) is 15.1. The van der Waals surface area contributed by atoms with Crippen molar-refractivity contribution in [2.45, 2.75) is 182 Å². The Balaban J connectivity index is 0.000000202. The number of piperidine rings is 2. The Bertz CT molecular complexity index is 3610. The van der Waals surface area contributed by atoms with Crippen molar-refractivity contribution in [2.75, 3.05) is 75.2 Å². The van der Waals surface area contributed by atoms with E-state index in [9.17, 15) is 39.0 Å². The van der Waals surface area contributed by atoms with Crippen LogP contribution in [-0.4, -0.2) is 187 Å². The fourth-order valence-corrected chi connectivity index (χ4v) is 16.7. The van der Waals surface area contributed by atoms with Gasteiger partial charge in [0.15, 0.2) is 23.2 Å². The number of aromatic nitrogens is 4. The number of carbonyl (C=O) groups excluding carboxylic acids is 6. The number of aryl methyl sites for hydroxylation is 2. The average Bonchev–Trinajstić information content (AvgIpc) is 1.62. The number of carbonyl (C=O) groups is 6. The van der Waals surface area contributed by atoms with Gasteiger partial charge in [-0.1, -0.05) is 86.5 Å². The van der Waals surface area contributed by atoms with Crippen LogP contribution in [0, 0.1) is 49.4 Å². The maximum absolute atomic E-state index is 14.2. The van der Waals surface area contributed by atoms with Gasteiger partial charge in [-0.05, 0) is 140 Å². The van der Waals surface area contributed by atoms with Crippen molar-refractivity contribution >= 4 is 70.1 Å². The van der Waals surface area contributed by atoms with Crippen LogP contribution in [0.25, 0.3) is 20.9 Å². The van der Waals surface area contributed by atoms with Gasteiger partial charge in [0.05, 0.1) is 56.5 Å². The van der Waals surface area contributed by atoms with Crippen LogP contribution >= 0.6 is 22.7 Å². The van der Waals surface area contributed by atoms with Crippen LogP contribution in [0.3, 0.4) is 0 Å². The molecule has 0 aliphatic carbocycles. The van der Waals surface area contributed by atoms with Crippen molar-refractivity contribution in [3.05, 3.63) is 106 Å². The van der Waals surface area contributed by atoms with Gasteiger partial charge in [0.2, 0.25) is 23.6 Å². The number of benzene rings is 2. The molecule has 26 heteroatoms. The maximum Gasteiger partial charge on any atom is 0.410 e. The molecule has 12 atom stereocenters. The molecule has 0 spiro atoms. The number of hydrogen-bond acceptors (Lipinski definition) is 20. The highest BCUT2D eigenvalue weighted by Gasteiger charge is 2.48. The number of β-amino-alcohol motifs (C(OH)–C–C–N with tert-alkyl or cyclic N) is 2. The molecule has 6 aliphatic heterocycles. The summed E-state index contributed by atoms with van der Waals surface area (Å²) in [6.45, 7) is 32.6. The molecule has 4 aromatic heterocycles. The smallest absolute Gasteiger partial charge is 0.410 e. The maximum atomic E-state index is 14.2. The number of aliphatic hydroxyl groups excluding tert-OH is 2. The summed E-state index contributed by atoms with van der Waals surface area (Å²) in [5.41, 5.74) is 8.58. The highest BCUT2D eigenvalue weighted by Crippen LogP contribution is 2.41. The van der Waals surface area contributed by atoms with E-state index in [1.54, 1.807) is 32.5 Å². The highest BCUT2D eigenvalue weighted by atomic mass is 32.1. The summed E-state index contributed by atoms with van der Waals surface area (Å²) in [4.78, 5) is 103. The van der Waals surface area contributed by atoms with Gasteiger partial charge in [0.25, 0.3) is 0 Å². The number of amides is 6. The third-order valence-corrected chi connectivity index (χ3v) is 22.3. The van der Waals surface area contributed by atoms with Gasteiger partial charge in [-0.3, -0.25) is 19.2 Å². The summed E-state index contributed by atoms with van der Waals surface area (Å²) in [7, 11) is 0. The zero-order valence-electron chi connectivity index (χ0n) is 60.2. The zero-order valence-corrected chi connectivity index (χ0v) is 61.8. The number of ether oxygens (including phenoxy) is 2. The lowest BCUT2D eigenvalue weighted by Gasteiger charge is -2.35. The second-order valence-corrected chi connectivity index (χ2v) is 32.6. The predicted octanol–water partition coefficient (Wildman–Crippen LogP) is 10.8. The summed E-state index contributed by atoms with van der Waals surface area (Å²) < 4.78 is 22.9. The summed E-state index contributed by atoms with van der Waals surface area (Å²) in [6.07, 6.45) is -0.0708. The number of anilines is 2. The molecule has 6 amide bonds. The molecule has 12 rings (SSSR count). The topological polar surface area (TPSA) is 283 Å². The van der Waals surface area contributed by atoms with Crippen molar-refractivity contribution in [1.82, 2.24) is 50.5 Å². The standard InChI is InChI=1S/2C37H50N6O6S/c2*1-21(2)32(30-15-31(40-49-30)42-16-26-12-13-41(17-27(26)18-42)36(47)48-37(5,6)7)35(46)43-19-28(44)14-29(43)34(45)39-22(3)24-8-10-25(11-9-24)33-23(4)38-20-50-33/h2*8-11,15,20-22,26-29,32,44H,12-14,16-19H2,1-7H3,(H,39,45)/t22-,26-,27+,28+,29-,32?;22-,26-,27+,28+,29-,32+/m00/s1. The first-order chi connectivity index (χ1) is 47.4. The Morgan fingerprint density at radius 1 is 0.530 bits per heavy atom. The second kappa shape index (κ2) is 30.3. The van der Waals surface area contributed by atoms with Gasteiger partial charge in [-0.15, -0.1) is 22.7 Å². The minimum Gasteiger partial charge on any atom is -0.444 e. The number of likely N-dealkylation sites (tertiary alicyclic amines) is 4. The van der Waals surface area contributed by atoms with Crippen LogP contribution in [0.1, 0.15) is 167 Å². The quantitative estimate of drug-likeness (QED) is 0.0700. The Labute approximate surface area is 594 Å². The highest BCUT2D eigenvalue weighted by molar-refractivity contribution is 7.13. The van der Waals surface area contributed by atoms with Gasteiger partial charge >= 0.3 is 12.2 Å². The fraction of sp³-hybridized carbons (Fsp3) is 0.595. The van der Waals surface area contributed by atoms with Gasteiger partial charge in [-0.25, -0.2) is 19.6 Å². The normalized spacial score (nSPS) is 23.6. The lowest BCUT2D eigenvalue weighted by molar-refractivity contribution is -0.141. The van der Waals surface area contributed by atoms with E-state index in [1.807, 2.05) is 169 Å². The predicted molar refractivity (Wildman–Crippen MR) is 381 cm³/mol. The number of rotatable bonds is 16. The zero-order chi connectivity index (χ0) is 71.8. The van der Waals surface area contributed by atoms with Crippen LogP contribution in [0.2, 0.25) is 0 Å². The third kappa shape index (κ3) is 16.8. The molecular weight excluding hydrogens is 1310 g/mol. The van der Waals surface area contributed by atoms with Gasteiger partial charge < -0.3 is 68.8 Å². The monoisotopic (exact) mass is 1410 g/mol. The second-order valence-electron chi connectivity index (χ2n) is 30.9. The minimum absolute atomic E-state index is 0.0715. The van der Waals surface area contributed by atoms with Gasteiger partial charge in [-0.2, -0.15) is 0 Å². The molecule has 0 saturated carbocycles. The van der Waals surface area contributed by atoms with Crippen LogP contribution in [0.5, 0.6) is 0 Å². The first kappa shape index (κ1) is 73.3. The van der Waals surface area contributed by atoms with E-state index in [-0.39, 0.29) is 97.5 Å². The van der Waals surface area contributed by atoms with Crippen molar-refractivity contribution in [2.24, 2.45) is 35.5 Å². The number of nitrogens with one attached hydrogen (secondary N) is 2. The summed E-state index contributed by atoms with van der Waals surface area (Å²) in [6, 6.07) is 17.6. The molecule has 6 fully saturated rings. The van der Waals surface area contributed by atoms with E-state index in [1.165, 1.54) is 9.80 Å². The molecule has 6 aromatic rings. The Hall–Kier alpha value is -7.94. The van der Waals surface area contributed by atoms with E-state index >= 15 is 0 Å².